The number of aromatic nitrogens is 4. The molecule has 0 amide bonds. The molecule has 15 nitrogen and oxygen atoms in total. The van der Waals surface area contributed by atoms with Crippen LogP contribution in [0.25, 0.3) is 11.2 Å². The molecule has 0 unspecified atom stereocenters. The van der Waals surface area contributed by atoms with E-state index in [0.717, 1.165) is 10.9 Å². The van der Waals surface area contributed by atoms with Gasteiger partial charge in [0.25, 0.3) is 5.56 Å². The van der Waals surface area contributed by atoms with Crippen molar-refractivity contribution < 1.29 is 103 Å². The fourth-order valence-electron chi connectivity index (χ4n) is 2.22. The zero-order valence-corrected chi connectivity index (χ0v) is 19.4. The summed E-state index contributed by atoms with van der Waals surface area (Å²) < 4.78 is 14.9. The summed E-state index contributed by atoms with van der Waals surface area (Å²) in [7, 11) is -5.14. The van der Waals surface area contributed by atoms with E-state index in [1.807, 2.05) is 0 Å². The second-order valence-corrected chi connectivity index (χ2v) is 5.95. The van der Waals surface area contributed by atoms with Gasteiger partial charge < -0.3 is 45.0 Å². The number of nitrogen functional groups attached to an aromatic ring is 1. The maximum atomic E-state index is 11.6. The van der Waals surface area contributed by atoms with Gasteiger partial charge in [-0.2, -0.15) is 4.98 Å². The van der Waals surface area contributed by atoms with Gasteiger partial charge in [0.15, 0.2) is 23.5 Å². The molecule has 144 valence electrons. The molecule has 2 aromatic heterocycles. The average molecular weight is 439 g/mol. The molecule has 0 saturated carbocycles. The molecule has 0 aliphatic carbocycles. The largest absolute Gasteiger partial charge is 1.00 e. The fourth-order valence-corrected chi connectivity index (χ4v) is 2.22. The number of carbonyl (C=O) groups is 1. The van der Waals surface area contributed by atoms with E-state index in [2.05, 4.69) is 15.0 Å². The number of nitrogens with zero attached hydrogens (tertiary/aromatic N) is 3. The number of aromatic amines is 1. The molecule has 1 aliphatic rings. The predicted molar refractivity (Wildman–Crippen MR) is 75.9 cm³/mol. The van der Waals surface area contributed by atoms with Crippen LogP contribution >= 0.6 is 7.82 Å². The van der Waals surface area contributed by atoms with Crippen LogP contribution in [-0.4, -0.2) is 64.0 Å². The third-order valence-corrected chi connectivity index (χ3v) is 3.21. The molecule has 1 fully saturated rings. The number of aliphatic hydroxyl groups is 2. The summed E-state index contributed by atoms with van der Waals surface area (Å²) in [6.07, 6.45) is -4.84. The molecule has 3 rings (SSSR count). The van der Waals surface area contributed by atoms with Crippen molar-refractivity contribution in [3.63, 3.8) is 0 Å². The van der Waals surface area contributed by atoms with Crippen LogP contribution in [0.4, 0.5) is 5.95 Å². The first-order chi connectivity index (χ1) is 11.9. The normalized spacial score (nSPS) is 23.9. The van der Waals surface area contributed by atoms with Gasteiger partial charge in [0, 0.05) is 0 Å². The van der Waals surface area contributed by atoms with Crippen LogP contribution in [0.2, 0.25) is 0 Å². The van der Waals surface area contributed by atoms with Crippen LogP contribution in [0.1, 0.15) is 6.23 Å². The van der Waals surface area contributed by atoms with Gasteiger partial charge in [0.1, 0.15) is 12.2 Å². The molecule has 18 heteroatoms. The number of imidazole rings is 1. The fraction of sp³-hybridized carbons (Fsp3) is 0.400. The van der Waals surface area contributed by atoms with Gasteiger partial charge in [-0.3, -0.25) is 14.3 Å². The minimum Gasteiger partial charge on any atom is -0.790 e. The van der Waals surface area contributed by atoms with Gasteiger partial charge in [0.2, 0.25) is 5.95 Å². The van der Waals surface area contributed by atoms with E-state index in [4.69, 9.17) is 34.8 Å². The number of nitrogens with two attached hydrogens (primary N) is 1. The third kappa shape index (κ3) is 6.56. The first-order valence-corrected chi connectivity index (χ1v) is 8.11. The molecule has 0 bridgehead atoms. The predicted octanol–water partition coefficient (Wildman–Crippen LogP) is -10.8. The van der Waals surface area contributed by atoms with Crippen LogP contribution in [0.15, 0.2) is 11.1 Å². The molecular formula is C10H12N5Na2O10P. The number of carboxylic acid groups (broad SMARTS) is 1. The Morgan fingerprint density at radius 1 is 1.32 bits per heavy atom. The van der Waals surface area contributed by atoms with Crippen molar-refractivity contribution in [2.75, 3.05) is 5.73 Å². The number of rotatable bonds is 2. The van der Waals surface area contributed by atoms with E-state index in [-0.39, 0.29) is 76.2 Å². The number of ether oxygens (including phenoxy) is 1. The van der Waals surface area contributed by atoms with Crippen molar-refractivity contribution in [1.29, 1.82) is 0 Å². The van der Waals surface area contributed by atoms with Gasteiger partial charge >= 0.3 is 65.1 Å². The molecule has 7 N–H and O–H groups in total. The van der Waals surface area contributed by atoms with Crippen molar-refractivity contribution in [2.24, 2.45) is 0 Å². The van der Waals surface area contributed by atoms with Crippen LogP contribution in [0, 0.1) is 0 Å². The zero-order chi connectivity index (χ0) is 19.8. The molecule has 1 aliphatic heterocycles. The summed E-state index contributed by atoms with van der Waals surface area (Å²) in [5, 5.41) is 28.5. The van der Waals surface area contributed by atoms with Crippen LogP contribution < -0.4 is 80.2 Å². The number of anilines is 1. The molecule has 4 atom stereocenters. The van der Waals surface area contributed by atoms with Gasteiger partial charge in [-0.05, 0) is 0 Å². The van der Waals surface area contributed by atoms with Gasteiger partial charge in [-0.25, -0.2) is 9.78 Å². The van der Waals surface area contributed by atoms with E-state index in [0.29, 0.717) is 0 Å². The number of fused-ring (bicyclic) bond motifs is 1. The Balaban J connectivity index is 0.000000934. The number of hydrogen-bond donors (Lipinski definition) is 6. The van der Waals surface area contributed by atoms with Crippen molar-refractivity contribution in [3.05, 3.63) is 16.7 Å². The monoisotopic (exact) mass is 439 g/mol. The van der Waals surface area contributed by atoms with E-state index in [1.54, 1.807) is 0 Å². The molecule has 2 aromatic rings. The molecule has 28 heavy (non-hydrogen) atoms. The number of H-pyrrole nitrogens is 1. The number of phosphoric acid groups is 1. The van der Waals surface area contributed by atoms with Crippen molar-refractivity contribution in [1.82, 2.24) is 19.5 Å². The van der Waals surface area contributed by atoms with Crippen LogP contribution in [0.3, 0.4) is 0 Å². The number of hydrogen-bond acceptors (Lipinski definition) is 11. The molecular weight excluding hydrogens is 427 g/mol. The number of aliphatic carboxylic acids is 1. The van der Waals surface area contributed by atoms with E-state index in [1.165, 1.54) is 0 Å². The van der Waals surface area contributed by atoms with Crippen molar-refractivity contribution in [3.8, 4) is 0 Å². The summed E-state index contributed by atoms with van der Waals surface area (Å²) in [4.78, 5) is 56.8. The zero-order valence-electron chi connectivity index (χ0n) is 14.5. The summed E-state index contributed by atoms with van der Waals surface area (Å²) in [5.41, 5.74) is 4.81. The van der Waals surface area contributed by atoms with Crippen molar-refractivity contribution in [2.45, 2.75) is 24.5 Å². The number of nitrogens with one attached hydrogen (secondary N) is 1. The van der Waals surface area contributed by atoms with Crippen molar-refractivity contribution >= 4 is 30.9 Å². The Morgan fingerprint density at radius 3 is 2.32 bits per heavy atom. The summed E-state index contributed by atoms with van der Waals surface area (Å²) in [6.45, 7) is 0. The average Bonchev–Trinajstić information content (AvgIpc) is 3.00. The van der Waals surface area contributed by atoms with E-state index in [9.17, 15) is 19.8 Å². The Bertz CT molecular complexity index is 923. The Kier molecular flexibility index (Phi) is 10.4. The van der Waals surface area contributed by atoms with E-state index >= 15 is 0 Å². The first-order valence-electron chi connectivity index (χ1n) is 6.61. The van der Waals surface area contributed by atoms with Crippen LogP contribution in [-0.2, 0) is 14.1 Å². The summed E-state index contributed by atoms with van der Waals surface area (Å²) in [5.74, 6) is -1.59. The maximum Gasteiger partial charge on any atom is 1.00 e. The van der Waals surface area contributed by atoms with Gasteiger partial charge in [-0.1, -0.05) is 0 Å². The second-order valence-electron chi connectivity index (χ2n) is 5.01. The smallest absolute Gasteiger partial charge is 0.790 e. The minimum atomic E-state index is -5.14. The Hall–Kier alpha value is -0.390. The number of carboxylic acids is 1. The topological polar surface area (TPSA) is 260 Å². The molecule has 3 heterocycles. The Labute approximate surface area is 199 Å². The third-order valence-electron chi connectivity index (χ3n) is 3.21. The summed E-state index contributed by atoms with van der Waals surface area (Å²) >= 11 is 0. The molecule has 0 spiro atoms. The van der Waals surface area contributed by atoms with E-state index < -0.39 is 43.9 Å². The second kappa shape index (κ2) is 10.6. The molecule has 1 saturated heterocycles. The SMILES string of the molecule is Nc1nc2c(ncn2[C@@H]2O[C@H](C(=O)O)[C@@H](O)[C@H]2O)c(=O)[nH]1.O=P([O-])([O-])O.[Na+].[Na+]. The summed E-state index contributed by atoms with van der Waals surface area (Å²) in [6, 6.07) is 0. The maximum absolute atomic E-state index is 11.6. The first kappa shape index (κ1) is 27.6. The number of aliphatic hydroxyl groups excluding tert-OH is 2. The Morgan fingerprint density at radius 2 is 1.86 bits per heavy atom. The minimum absolute atomic E-state index is 0. The molecule has 0 radical (unpaired) electrons. The van der Waals surface area contributed by atoms with Gasteiger partial charge in [-0.15, -0.1) is 0 Å². The molecule has 0 aromatic carbocycles. The van der Waals surface area contributed by atoms with Crippen LogP contribution in [0.5, 0.6) is 0 Å². The quantitative estimate of drug-likeness (QED) is 0.188. The van der Waals surface area contributed by atoms with Gasteiger partial charge in [0.05, 0.1) is 14.2 Å². The standard InChI is InChI=1S/C10H11N5O6.2Na.H3O4P/c11-10-13-6-2(7(18)14-10)12-1-15(6)8-4(17)3(16)5(21-8)9(19)20;;;1-5(2,3)4/h1,3-5,8,16-17H,(H,19,20)(H3,11,13,14,18);;;(H3,1,2,3,4)/q;2*+1;/p-2/t3-,4+,5-,8+;;;/m0.../s1.